The molecule has 3 nitrogen and oxygen atoms in total. The third-order valence-corrected chi connectivity index (χ3v) is 4.52. The third kappa shape index (κ3) is 3.99. The Kier molecular flexibility index (Phi) is 5.47. The lowest BCUT2D eigenvalue weighted by atomic mass is 10.1. The molecule has 0 fully saturated rings. The Balaban J connectivity index is 1.74. The Morgan fingerprint density at radius 1 is 0.769 bits per heavy atom. The van der Waals surface area contributed by atoms with Crippen molar-refractivity contribution in [2.45, 2.75) is 27.4 Å². The minimum atomic E-state index is 0.529. The molecule has 0 aliphatic carbocycles. The van der Waals surface area contributed by atoms with Gasteiger partial charge in [-0.15, -0.1) is 0 Å². The standard InChI is InChI=1S/C23H25NO2/c1-16-9-7-10-21(24-4)20(16)15-25-22-13-12-19(14-18(22)3)26-23-11-6-5-8-17(23)2/h5-14,24H,15H2,1-4H3. The van der Waals surface area contributed by atoms with E-state index in [0.717, 1.165) is 34.1 Å². The van der Waals surface area contributed by atoms with Crippen LogP contribution in [0.3, 0.4) is 0 Å². The minimum absolute atomic E-state index is 0.529. The zero-order valence-electron chi connectivity index (χ0n) is 15.8. The maximum absolute atomic E-state index is 6.08. The van der Waals surface area contributed by atoms with Gasteiger partial charge < -0.3 is 14.8 Å². The summed E-state index contributed by atoms with van der Waals surface area (Å²) in [6.45, 7) is 6.71. The molecule has 0 atom stereocenters. The Bertz CT molecular complexity index is 902. The van der Waals surface area contributed by atoms with Crippen LogP contribution in [0.25, 0.3) is 0 Å². The summed E-state index contributed by atoms with van der Waals surface area (Å²) >= 11 is 0. The Hall–Kier alpha value is -2.94. The highest BCUT2D eigenvalue weighted by molar-refractivity contribution is 5.54. The summed E-state index contributed by atoms with van der Waals surface area (Å²) in [6.07, 6.45) is 0. The van der Waals surface area contributed by atoms with Gasteiger partial charge in [-0.25, -0.2) is 0 Å². The van der Waals surface area contributed by atoms with Crippen molar-refractivity contribution in [3.63, 3.8) is 0 Å². The molecule has 0 radical (unpaired) electrons. The maximum Gasteiger partial charge on any atom is 0.130 e. The molecule has 0 saturated carbocycles. The van der Waals surface area contributed by atoms with E-state index in [1.807, 2.05) is 69.4 Å². The molecule has 0 heterocycles. The van der Waals surface area contributed by atoms with E-state index in [-0.39, 0.29) is 0 Å². The lowest BCUT2D eigenvalue weighted by Crippen LogP contribution is -2.03. The van der Waals surface area contributed by atoms with Crippen molar-refractivity contribution in [2.75, 3.05) is 12.4 Å². The molecule has 134 valence electrons. The van der Waals surface area contributed by atoms with E-state index >= 15 is 0 Å². The van der Waals surface area contributed by atoms with Gasteiger partial charge in [0, 0.05) is 18.3 Å². The summed E-state index contributed by atoms with van der Waals surface area (Å²) in [5.41, 5.74) is 5.66. The fraction of sp³-hybridized carbons (Fsp3) is 0.217. The molecule has 26 heavy (non-hydrogen) atoms. The van der Waals surface area contributed by atoms with Crippen LogP contribution < -0.4 is 14.8 Å². The lowest BCUT2D eigenvalue weighted by molar-refractivity contribution is 0.303. The Labute approximate surface area is 155 Å². The van der Waals surface area contributed by atoms with Crippen molar-refractivity contribution in [1.29, 1.82) is 0 Å². The molecule has 3 heteroatoms. The Morgan fingerprint density at radius 2 is 1.54 bits per heavy atom. The number of aryl methyl sites for hydroxylation is 3. The fourth-order valence-electron chi connectivity index (χ4n) is 2.92. The van der Waals surface area contributed by atoms with E-state index in [4.69, 9.17) is 9.47 Å². The largest absolute Gasteiger partial charge is 0.489 e. The summed E-state index contributed by atoms with van der Waals surface area (Å²) < 4.78 is 12.1. The molecule has 3 aromatic carbocycles. The molecule has 0 aliphatic heterocycles. The molecule has 3 rings (SSSR count). The van der Waals surface area contributed by atoms with Gasteiger partial charge in [-0.3, -0.25) is 0 Å². The molecule has 3 aromatic rings. The fourth-order valence-corrected chi connectivity index (χ4v) is 2.92. The second-order valence-electron chi connectivity index (χ2n) is 6.43. The zero-order valence-corrected chi connectivity index (χ0v) is 15.8. The van der Waals surface area contributed by atoms with Crippen LogP contribution in [-0.4, -0.2) is 7.05 Å². The van der Waals surface area contributed by atoms with Gasteiger partial charge in [0.05, 0.1) is 0 Å². The van der Waals surface area contributed by atoms with Gasteiger partial charge >= 0.3 is 0 Å². The summed E-state index contributed by atoms with van der Waals surface area (Å²) in [6, 6.07) is 20.2. The van der Waals surface area contributed by atoms with Crippen LogP contribution >= 0.6 is 0 Å². The molecule has 0 aliphatic rings. The number of ether oxygens (including phenoxy) is 2. The van der Waals surface area contributed by atoms with Crippen LogP contribution in [-0.2, 0) is 6.61 Å². The molecule has 0 spiro atoms. The van der Waals surface area contributed by atoms with Crippen molar-refractivity contribution in [2.24, 2.45) is 0 Å². The highest BCUT2D eigenvalue weighted by Gasteiger charge is 2.08. The highest BCUT2D eigenvalue weighted by atomic mass is 16.5. The second-order valence-corrected chi connectivity index (χ2v) is 6.43. The van der Waals surface area contributed by atoms with Crippen LogP contribution in [0.1, 0.15) is 22.3 Å². The topological polar surface area (TPSA) is 30.5 Å². The van der Waals surface area contributed by atoms with Crippen LogP contribution in [0.5, 0.6) is 17.2 Å². The SMILES string of the molecule is CNc1cccc(C)c1COc1ccc(Oc2ccccc2C)cc1C. The van der Waals surface area contributed by atoms with Gasteiger partial charge in [0.15, 0.2) is 0 Å². The maximum atomic E-state index is 6.08. The average Bonchev–Trinajstić information content (AvgIpc) is 2.63. The first-order valence-electron chi connectivity index (χ1n) is 8.81. The number of hydrogen-bond acceptors (Lipinski definition) is 3. The molecular weight excluding hydrogens is 322 g/mol. The minimum Gasteiger partial charge on any atom is -0.489 e. The van der Waals surface area contributed by atoms with Gasteiger partial charge in [0.25, 0.3) is 0 Å². The van der Waals surface area contributed by atoms with Gasteiger partial charge in [-0.05, 0) is 67.8 Å². The summed E-state index contributed by atoms with van der Waals surface area (Å²) in [4.78, 5) is 0. The monoisotopic (exact) mass is 347 g/mol. The van der Waals surface area contributed by atoms with Crippen LogP contribution in [0.4, 0.5) is 5.69 Å². The zero-order chi connectivity index (χ0) is 18.5. The second kappa shape index (κ2) is 7.96. The number of anilines is 1. The van der Waals surface area contributed by atoms with E-state index < -0.39 is 0 Å². The van der Waals surface area contributed by atoms with Crippen LogP contribution in [0, 0.1) is 20.8 Å². The lowest BCUT2D eigenvalue weighted by Gasteiger charge is -2.15. The first kappa shape index (κ1) is 17.9. The number of rotatable bonds is 6. The first-order chi connectivity index (χ1) is 12.6. The quantitative estimate of drug-likeness (QED) is 0.591. The van der Waals surface area contributed by atoms with Crippen LogP contribution in [0.2, 0.25) is 0 Å². The summed E-state index contributed by atoms with van der Waals surface area (Å²) in [5.74, 6) is 2.56. The van der Waals surface area contributed by atoms with E-state index in [2.05, 4.69) is 24.4 Å². The number of para-hydroxylation sites is 1. The molecule has 1 N–H and O–H groups in total. The summed E-state index contributed by atoms with van der Waals surface area (Å²) in [7, 11) is 1.93. The number of benzene rings is 3. The molecule has 0 amide bonds. The highest BCUT2D eigenvalue weighted by Crippen LogP contribution is 2.30. The number of nitrogens with one attached hydrogen (secondary N) is 1. The van der Waals surface area contributed by atoms with Gasteiger partial charge in [-0.1, -0.05) is 30.3 Å². The van der Waals surface area contributed by atoms with Crippen molar-refractivity contribution in [3.8, 4) is 17.2 Å². The van der Waals surface area contributed by atoms with Crippen molar-refractivity contribution in [3.05, 3.63) is 82.9 Å². The van der Waals surface area contributed by atoms with Crippen molar-refractivity contribution >= 4 is 5.69 Å². The molecule has 0 aromatic heterocycles. The van der Waals surface area contributed by atoms with E-state index in [1.54, 1.807) is 0 Å². The van der Waals surface area contributed by atoms with Crippen molar-refractivity contribution in [1.82, 2.24) is 0 Å². The molecular formula is C23H25NO2. The molecule has 0 saturated heterocycles. The van der Waals surface area contributed by atoms with E-state index in [0.29, 0.717) is 6.61 Å². The van der Waals surface area contributed by atoms with Gasteiger partial charge in [0.1, 0.15) is 23.9 Å². The van der Waals surface area contributed by atoms with Gasteiger partial charge in [-0.2, -0.15) is 0 Å². The predicted octanol–water partition coefficient (Wildman–Crippen LogP) is 6.02. The first-order valence-corrected chi connectivity index (χ1v) is 8.81. The summed E-state index contributed by atoms with van der Waals surface area (Å²) in [5, 5.41) is 3.23. The average molecular weight is 347 g/mol. The normalized spacial score (nSPS) is 10.5. The Morgan fingerprint density at radius 3 is 2.27 bits per heavy atom. The smallest absolute Gasteiger partial charge is 0.130 e. The van der Waals surface area contributed by atoms with Gasteiger partial charge in [0.2, 0.25) is 0 Å². The molecule has 0 unspecified atom stereocenters. The molecule has 0 bridgehead atoms. The van der Waals surface area contributed by atoms with Crippen LogP contribution in [0.15, 0.2) is 60.7 Å². The third-order valence-electron chi connectivity index (χ3n) is 4.52. The van der Waals surface area contributed by atoms with E-state index in [9.17, 15) is 0 Å². The predicted molar refractivity (Wildman–Crippen MR) is 107 cm³/mol. The van der Waals surface area contributed by atoms with Crippen molar-refractivity contribution < 1.29 is 9.47 Å². The van der Waals surface area contributed by atoms with E-state index in [1.165, 1.54) is 11.1 Å². The number of hydrogen-bond donors (Lipinski definition) is 1.